The van der Waals surface area contributed by atoms with Crippen molar-refractivity contribution in [2.75, 3.05) is 29.9 Å². The minimum Gasteiger partial charge on any atom is -0.422 e. The van der Waals surface area contributed by atoms with Gasteiger partial charge < -0.3 is 25.1 Å². The first kappa shape index (κ1) is 23.2. The average Bonchev–Trinajstić information content (AvgIpc) is 2.92. The van der Waals surface area contributed by atoms with Gasteiger partial charge in [0, 0.05) is 47.0 Å². The van der Waals surface area contributed by atoms with Crippen LogP contribution in [0.3, 0.4) is 0 Å². The number of amides is 2. The smallest absolute Gasteiger partial charge is 0.349 e. The molecule has 0 saturated heterocycles. The number of aromatic nitrogens is 1. The second-order valence-electron chi connectivity index (χ2n) is 9.53. The van der Waals surface area contributed by atoms with Gasteiger partial charge in [-0.3, -0.25) is 14.6 Å². The Labute approximate surface area is 212 Å². The lowest BCUT2D eigenvalue weighted by atomic mass is 9.90. The zero-order chi connectivity index (χ0) is 25.5. The van der Waals surface area contributed by atoms with Crippen molar-refractivity contribution in [3.63, 3.8) is 0 Å². The van der Waals surface area contributed by atoms with Crippen LogP contribution in [0.2, 0.25) is 0 Å². The number of nitrogens with one attached hydrogen (secondary N) is 2. The van der Waals surface area contributed by atoms with E-state index in [1.807, 2.05) is 12.1 Å². The van der Waals surface area contributed by atoms with Crippen molar-refractivity contribution < 1.29 is 19.1 Å². The first-order valence-electron chi connectivity index (χ1n) is 12.5. The minimum atomic E-state index is -1.26. The van der Waals surface area contributed by atoms with E-state index in [2.05, 4.69) is 20.5 Å². The maximum absolute atomic E-state index is 13.0. The zero-order valence-electron chi connectivity index (χ0n) is 20.1. The second kappa shape index (κ2) is 9.33. The predicted molar refractivity (Wildman–Crippen MR) is 140 cm³/mol. The number of fused-ring (bicyclic) bond motifs is 3. The summed E-state index contributed by atoms with van der Waals surface area (Å²) in [5.74, 6) is -1.39. The van der Waals surface area contributed by atoms with Crippen LogP contribution >= 0.6 is 0 Å². The van der Waals surface area contributed by atoms with Crippen LogP contribution in [0.5, 0.6) is 0 Å². The van der Waals surface area contributed by atoms with Gasteiger partial charge in [-0.25, -0.2) is 4.79 Å². The molecule has 0 aliphatic carbocycles. The topological polar surface area (TPSA) is 125 Å². The summed E-state index contributed by atoms with van der Waals surface area (Å²) in [6.45, 7) is 1.35. The lowest BCUT2D eigenvalue weighted by Gasteiger charge is -2.37. The number of pyridine rings is 1. The number of aliphatic hydroxyl groups is 1. The zero-order valence-corrected chi connectivity index (χ0v) is 20.1. The fourth-order valence-corrected chi connectivity index (χ4v) is 5.42. The molecule has 6 rings (SSSR count). The number of nitrogens with zero attached hydrogens (tertiary/aromatic N) is 2. The largest absolute Gasteiger partial charge is 0.422 e. The molecule has 2 aliphatic rings. The van der Waals surface area contributed by atoms with E-state index in [0.717, 1.165) is 55.2 Å². The van der Waals surface area contributed by atoms with E-state index in [4.69, 9.17) is 4.42 Å². The number of aryl methyl sites for hydroxylation is 2. The molecule has 3 N–H and O–H groups in total. The van der Waals surface area contributed by atoms with E-state index in [1.165, 1.54) is 17.3 Å². The van der Waals surface area contributed by atoms with Crippen molar-refractivity contribution >= 4 is 45.1 Å². The Hall–Kier alpha value is -4.24. The summed E-state index contributed by atoms with van der Waals surface area (Å²) in [4.78, 5) is 45.3. The summed E-state index contributed by atoms with van der Waals surface area (Å²) in [6.07, 6.45) is 5.48. The van der Waals surface area contributed by atoms with E-state index in [1.54, 1.807) is 30.5 Å². The summed E-state index contributed by atoms with van der Waals surface area (Å²) in [5, 5.41) is 16.5. The molecular formula is C28H26N4O5. The summed E-state index contributed by atoms with van der Waals surface area (Å²) in [6, 6.07) is 11.1. The van der Waals surface area contributed by atoms with Crippen molar-refractivity contribution in [1.82, 2.24) is 10.3 Å². The monoisotopic (exact) mass is 498 g/mol. The molecule has 0 fully saturated rings. The van der Waals surface area contributed by atoms with Gasteiger partial charge in [0.05, 0.1) is 12.1 Å². The normalized spacial score (nSPS) is 15.3. The number of benzene rings is 2. The average molecular weight is 499 g/mol. The quantitative estimate of drug-likeness (QED) is 0.362. The molecule has 2 aliphatic heterocycles. The summed E-state index contributed by atoms with van der Waals surface area (Å²) in [7, 11) is 0. The molecule has 0 unspecified atom stereocenters. The molecule has 188 valence electrons. The van der Waals surface area contributed by atoms with Crippen LogP contribution in [-0.2, 0) is 17.6 Å². The fourth-order valence-electron chi connectivity index (χ4n) is 5.42. The molecular weight excluding hydrogens is 472 g/mol. The molecule has 0 spiro atoms. The Morgan fingerprint density at radius 2 is 1.92 bits per heavy atom. The van der Waals surface area contributed by atoms with E-state index in [-0.39, 0.29) is 5.56 Å². The first-order valence-corrected chi connectivity index (χ1v) is 12.5. The standard InChI is InChI=1S/C28H26N4O5/c33-15-23(27(35)30-19-7-8-22-16(13-19)4-1-9-29-22)31-26(34)21-14-18-12-17-5-2-10-32-11-3-6-20(24(17)32)25(18)37-28(21)36/h1,4,7-9,12-14,23,33H,2-3,5-6,10-11,15H2,(H,30,35)(H,31,34)/t23-/m0/s1. The molecule has 1 atom stereocenters. The second-order valence-corrected chi connectivity index (χ2v) is 9.53. The Kier molecular flexibility index (Phi) is 5.84. The van der Waals surface area contributed by atoms with Gasteiger partial charge in [0.15, 0.2) is 0 Å². The Bertz CT molecular complexity index is 1610. The number of rotatable bonds is 5. The van der Waals surface area contributed by atoms with Crippen molar-refractivity contribution in [1.29, 1.82) is 0 Å². The molecule has 4 aromatic rings. The number of aliphatic hydroxyl groups excluding tert-OH is 1. The van der Waals surface area contributed by atoms with Crippen LogP contribution in [0.1, 0.15) is 34.3 Å². The van der Waals surface area contributed by atoms with Gasteiger partial charge in [0.1, 0.15) is 17.2 Å². The van der Waals surface area contributed by atoms with Crippen LogP contribution in [0.25, 0.3) is 21.9 Å². The molecule has 2 aromatic carbocycles. The Morgan fingerprint density at radius 3 is 2.76 bits per heavy atom. The first-order chi connectivity index (χ1) is 18.0. The summed E-state index contributed by atoms with van der Waals surface area (Å²) < 4.78 is 5.68. The Morgan fingerprint density at radius 1 is 1.08 bits per heavy atom. The molecule has 2 amide bonds. The van der Waals surface area contributed by atoms with Crippen molar-refractivity contribution in [2.24, 2.45) is 0 Å². The highest BCUT2D eigenvalue weighted by Gasteiger charge is 2.28. The molecule has 9 nitrogen and oxygen atoms in total. The van der Waals surface area contributed by atoms with Gasteiger partial charge in [-0.15, -0.1) is 0 Å². The molecule has 9 heteroatoms. The van der Waals surface area contributed by atoms with Gasteiger partial charge >= 0.3 is 5.63 Å². The van der Waals surface area contributed by atoms with Gasteiger partial charge in [0.25, 0.3) is 5.91 Å². The van der Waals surface area contributed by atoms with Crippen molar-refractivity contribution in [2.45, 2.75) is 31.7 Å². The molecule has 0 bridgehead atoms. The third-order valence-corrected chi connectivity index (χ3v) is 7.14. The highest BCUT2D eigenvalue weighted by Crippen LogP contribution is 2.39. The fraction of sp³-hybridized carbons (Fsp3) is 0.286. The highest BCUT2D eigenvalue weighted by atomic mass is 16.4. The van der Waals surface area contributed by atoms with E-state index < -0.39 is 30.1 Å². The number of hydrogen-bond acceptors (Lipinski definition) is 7. The van der Waals surface area contributed by atoms with Crippen LogP contribution in [0, 0.1) is 0 Å². The molecule has 0 radical (unpaired) electrons. The van der Waals surface area contributed by atoms with Crippen LogP contribution in [0.4, 0.5) is 11.4 Å². The maximum atomic E-state index is 13.0. The predicted octanol–water partition coefficient (Wildman–Crippen LogP) is 2.77. The highest BCUT2D eigenvalue weighted by molar-refractivity contribution is 6.03. The third kappa shape index (κ3) is 4.21. The SMILES string of the molecule is O=C(N[C@@H](CO)C(=O)Nc1ccc2ncccc2c1)c1cc2cc3c4c(c2oc1=O)CCCN4CCC3. The molecule has 4 heterocycles. The number of hydrogen-bond donors (Lipinski definition) is 3. The number of carbonyl (C=O) groups is 2. The molecule has 0 saturated carbocycles. The van der Waals surface area contributed by atoms with Gasteiger partial charge in [-0.1, -0.05) is 6.07 Å². The molecule has 37 heavy (non-hydrogen) atoms. The van der Waals surface area contributed by atoms with Gasteiger partial charge in [-0.05, 0) is 67.6 Å². The lowest BCUT2D eigenvalue weighted by Crippen LogP contribution is -2.47. The van der Waals surface area contributed by atoms with E-state index in [0.29, 0.717) is 16.7 Å². The number of carbonyl (C=O) groups excluding carboxylic acids is 2. The third-order valence-electron chi connectivity index (χ3n) is 7.14. The number of anilines is 2. The van der Waals surface area contributed by atoms with Crippen LogP contribution < -0.4 is 21.2 Å². The van der Waals surface area contributed by atoms with Gasteiger partial charge in [0.2, 0.25) is 5.91 Å². The lowest BCUT2D eigenvalue weighted by molar-refractivity contribution is -0.118. The minimum absolute atomic E-state index is 0.203. The van der Waals surface area contributed by atoms with Crippen LogP contribution in [0.15, 0.2) is 57.9 Å². The molecule has 2 aromatic heterocycles. The van der Waals surface area contributed by atoms with E-state index in [9.17, 15) is 19.5 Å². The van der Waals surface area contributed by atoms with Crippen molar-refractivity contribution in [3.8, 4) is 0 Å². The van der Waals surface area contributed by atoms with E-state index >= 15 is 0 Å². The van der Waals surface area contributed by atoms with Crippen LogP contribution in [-0.4, -0.2) is 47.6 Å². The Balaban J connectivity index is 1.25. The summed E-state index contributed by atoms with van der Waals surface area (Å²) >= 11 is 0. The maximum Gasteiger partial charge on any atom is 0.349 e. The summed E-state index contributed by atoms with van der Waals surface area (Å²) in [5.41, 5.74) is 4.22. The van der Waals surface area contributed by atoms with Gasteiger partial charge in [-0.2, -0.15) is 0 Å². The van der Waals surface area contributed by atoms with Crippen molar-refractivity contribution in [3.05, 3.63) is 75.8 Å².